The molecule has 0 unspecified atom stereocenters. The number of benzene rings is 1. The van der Waals surface area contributed by atoms with Gasteiger partial charge in [0.1, 0.15) is 6.54 Å². The van der Waals surface area contributed by atoms with E-state index in [4.69, 9.17) is 11.6 Å². The fourth-order valence-corrected chi connectivity index (χ4v) is 2.56. The average molecular weight is 305 g/mol. The third-order valence-corrected chi connectivity index (χ3v) is 3.61. The highest BCUT2D eigenvalue weighted by molar-refractivity contribution is 7.92. The van der Waals surface area contributed by atoms with Crippen molar-refractivity contribution in [1.29, 1.82) is 0 Å². The lowest BCUT2D eigenvalue weighted by atomic mass is 10.3. The van der Waals surface area contributed by atoms with Crippen molar-refractivity contribution in [1.82, 2.24) is 5.32 Å². The molecule has 0 aliphatic heterocycles. The first-order chi connectivity index (χ1) is 8.70. The van der Waals surface area contributed by atoms with Gasteiger partial charge in [0, 0.05) is 11.1 Å². The maximum Gasteiger partial charge on any atom is 0.240 e. The summed E-state index contributed by atoms with van der Waals surface area (Å²) in [6, 6.07) is 6.32. The first-order valence-electron chi connectivity index (χ1n) is 5.73. The predicted octanol–water partition coefficient (Wildman–Crippen LogP) is 1.63. The van der Waals surface area contributed by atoms with E-state index in [1.165, 1.54) is 6.07 Å². The number of anilines is 1. The van der Waals surface area contributed by atoms with Gasteiger partial charge >= 0.3 is 0 Å². The Kier molecular flexibility index (Phi) is 5.20. The molecule has 0 aromatic heterocycles. The van der Waals surface area contributed by atoms with Crippen LogP contribution in [0.2, 0.25) is 5.02 Å². The fourth-order valence-electron chi connectivity index (χ4n) is 1.53. The zero-order chi connectivity index (χ0) is 14.6. The molecule has 1 rings (SSSR count). The highest BCUT2D eigenvalue weighted by Crippen LogP contribution is 2.21. The quantitative estimate of drug-likeness (QED) is 0.899. The highest BCUT2D eigenvalue weighted by atomic mass is 35.5. The van der Waals surface area contributed by atoms with E-state index in [-0.39, 0.29) is 18.5 Å². The molecule has 0 radical (unpaired) electrons. The Morgan fingerprint density at radius 1 is 1.42 bits per heavy atom. The smallest absolute Gasteiger partial charge is 0.240 e. The van der Waals surface area contributed by atoms with Gasteiger partial charge < -0.3 is 5.32 Å². The van der Waals surface area contributed by atoms with Crippen LogP contribution in [0.15, 0.2) is 24.3 Å². The van der Waals surface area contributed by atoms with Crippen LogP contribution in [0.4, 0.5) is 5.69 Å². The Bertz CT molecular complexity index is 558. The Morgan fingerprint density at radius 3 is 2.53 bits per heavy atom. The van der Waals surface area contributed by atoms with Crippen molar-refractivity contribution in [2.24, 2.45) is 0 Å². The number of hydrogen-bond acceptors (Lipinski definition) is 3. The lowest BCUT2D eigenvalue weighted by Gasteiger charge is -2.22. The minimum absolute atomic E-state index is 0.0479. The average Bonchev–Trinajstić information content (AvgIpc) is 2.23. The monoisotopic (exact) mass is 304 g/mol. The first kappa shape index (κ1) is 15.8. The molecule has 0 heterocycles. The van der Waals surface area contributed by atoms with Gasteiger partial charge in [-0.05, 0) is 32.0 Å². The van der Waals surface area contributed by atoms with Gasteiger partial charge in [-0.3, -0.25) is 9.10 Å². The molecular weight excluding hydrogens is 288 g/mol. The van der Waals surface area contributed by atoms with Gasteiger partial charge in [0.05, 0.1) is 11.9 Å². The summed E-state index contributed by atoms with van der Waals surface area (Å²) in [5, 5.41) is 3.06. The third kappa shape index (κ3) is 5.08. The van der Waals surface area contributed by atoms with Gasteiger partial charge in [-0.25, -0.2) is 8.42 Å². The van der Waals surface area contributed by atoms with Crippen LogP contribution in [-0.2, 0) is 14.8 Å². The van der Waals surface area contributed by atoms with E-state index in [1.807, 2.05) is 13.8 Å². The molecule has 0 bridgehead atoms. The highest BCUT2D eigenvalue weighted by Gasteiger charge is 2.21. The number of carbonyl (C=O) groups is 1. The first-order valence-corrected chi connectivity index (χ1v) is 7.95. The minimum atomic E-state index is -3.55. The van der Waals surface area contributed by atoms with E-state index in [9.17, 15) is 13.2 Å². The maximum absolute atomic E-state index is 11.8. The molecule has 7 heteroatoms. The molecule has 1 amide bonds. The Labute approximate surface area is 118 Å². The van der Waals surface area contributed by atoms with E-state index in [0.717, 1.165) is 10.6 Å². The molecule has 0 fully saturated rings. The normalized spacial score (nSPS) is 11.4. The van der Waals surface area contributed by atoms with Crippen molar-refractivity contribution in [3.8, 4) is 0 Å². The van der Waals surface area contributed by atoms with Crippen LogP contribution in [0.25, 0.3) is 0 Å². The maximum atomic E-state index is 11.8. The molecule has 0 spiro atoms. The summed E-state index contributed by atoms with van der Waals surface area (Å²) in [5.74, 6) is -0.361. The lowest BCUT2D eigenvalue weighted by Crippen LogP contribution is -2.42. The summed E-state index contributed by atoms with van der Waals surface area (Å²) in [6.07, 6.45) is 1.05. The molecule has 106 valence electrons. The molecule has 5 nitrogen and oxygen atoms in total. The molecule has 0 aliphatic rings. The van der Waals surface area contributed by atoms with Gasteiger partial charge in [-0.1, -0.05) is 17.7 Å². The number of sulfonamides is 1. The number of rotatable bonds is 5. The summed E-state index contributed by atoms with van der Waals surface area (Å²) >= 11 is 5.84. The summed E-state index contributed by atoms with van der Waals surface area (Å²) in [7, 11) is -3.55. The van der Waals surface area contributed by atoms with Crippen molar-refractivity contribution >= 4 is 33.2 Å². The van der Waals surface area contributed by atoms with Crippen molar-refractivity contribution in [3.63, 3.8) is 0 Å². The number of carbonyl (C=O) groups excluding carboxylic acids is 1. The van der Waals surface area contributed by atoms with E-state index in [1.54, 1.807) is 18.2 Å². The van der Waals surface area contributed by atoms with Crippen LogP contribution in [0.1, 0.15) is 13.8 Å². The van der Waals surface area contributed by atoms with Gasteiger partial charge in [-0.15, -0.1) is 0 Å². The van der Waals surface area contributed by atoms with Gasteiger partial charge in [0.2, 0.25) is 15.9 Å². The summed E-state index contributed by atoms with van der Waals surface area (Å²) in [6.45, 7) is 3.35. The predicted molar refractivity (Wildman–Crippen MR) is 76.9 cm³/mol. The standard InChI is InChI=1S/C12H17ClN2O3S/c1-9(2)14-12(16)8-15(19(3,17)18)11-6-4-5-10(13)7-11/h4-7,9H,8H2,1-3H3,(H,14,16). The molecular formula is C12H17ClN2O3S. The fraction of sp³-hybridized carbons (Fsp3) is 0.417. The van der Waals surface area contributed by atoms with Crippen molar-refractivity contribution in [3.05, 3.63) is 29.3 Å². The van der Waals surface area contributed by atoms with Gasteiger partial charge in [0.25, 0.3) is 0 Å². The number of halogens is 1. The summed E-state index contributed by atoms with van der Waals surface area (Å²) < 4.78 is 24.6. The van der Waals surface area contributed by atoms with Crippen molar-refractivity contribution < 1.29 is 13.2 Å². The van der Waals surface area contributed by atoms with Crippen LogP contribution in [0.3, 0.4) is 0 Å². The second-order valence-corrected chi connectivity index (χ2v) is 6.81. The molecule has 0 saturated heterocycles. The van der Waals surface area contributed by atoms with Crippen LogP contribution in [0.5, 0.6) is 0 Å². The van der Waals surface area contributed by atoms with Crippen LogP contribution in [0, 0.1) is 0 Å². The van der Waals surface area contributed by atoms with E-state index >= 15 is 0 Å². The Balaban J connectivity index is 3.01. The Hall–Kier alpha value is -1.27. The van der Waals surface area contributed by atoms with E-state index in [0.29, 0.717) is 10.7 Å². The lowest BCUT2D eigenvalue weighted by molar-refractivity contribution is -0.120. The van der Waals surface area contributed by atoms with Crippen molar-refractivity contribution in [2.45, 2.75) is 19.9 Å². The summed E-state index contributed by atoms with van der Waals surface area (Å²) in [4.78, 5) is 11.7. The largest absolute Gasteiger partial charge is 0.352 e. The number of amides is 1. The molecule has 1 aromatic rings. The molecule has 1 aromatic carbocycles. The van der Waals surface area contributed by atoms with Gasteiger partial charge in [-0.2, -0.15) is 0 Å². The topological polar surface area (TPSA) is 66.5 Å². The SMILES string of the molecule is CC(C)NC(=O)CN(c1cccc(Cl)c1)S(C)(=O)=O. The number of nitrogens with zero attached hydrogens (tertiary/aromatic N) is 1. The van der Waals surface area contributed by atoms with Crippen LogP contribution in [-0.4, -0.2) is 33.2 Å². The zero-order valence-electron chi connectivity index (χ0n) is 11.1. The van der Waals surface area contributed by atoms with Crippen LogP contribution >= 0.6 is 11.6 Å². The number of hydrogen-bond donors (Lipinski definition) is 1. The minimum Gasteiger partial charge on any atom is -0.352 e. The molecule has 1 N–H and O–H groups in total. The van der Waals surface area contributed by atoms with E-state index < -0.39 is 10.0 Å². The number of nitrogens with one attached hydrogen (secondary N) is 1. The Morgan fingerprint density at radius 2 is 2.05 bits per heavy atom. The van der Waals surface area contributed by atoms with E-state index in [2.05, 4.69) is 5.32 Å². The molecule has 19 heavy (non-hydrogen) atoms. The van der Waals surface area contributed by atoms with Crippen LogP contribution < -0.4 is 9.62 Å². The second kappa shape index (κ2) is 6.25. The summed E-state index contributed by atoms with van der Waals surface area (Å²) in [5.41, 5.74) is 0.369. The molecule has 0 aliphatic carbocycles. The molecule has 0 atom stereocenters. The van der Waals surface area contributed by atoms with Crippen molar-refractivity contribution in [2.75, 3.05) is 17.1 Å². The zero-order valence-corrected chi connectivity index (χ0v) is 12.6. The molecule has 0 saturated carbocycles. The van der Waals surface area contributed by atoms with Gasteiger partial charge in [0.15, 0.2) is 0 Å². The third-order valence-electron chi connectivity index (χ3n) is 2.23. The second-order valence-electron chi connectivity index (χ2n) is 4.47.